The number of hydrogen-bond acceptors (Lipinski definition) is 6. The van der Waals surface area contributed by atoms with Crippen LogP contribution in [0, 0.1) is 18.6 Å². The Morgan fingerprint density at radius 1 is 1.11 bits per heavy atom. The third-order valence-corrected chi connectivity index (χ3v) is 7.42. The molecule has 1 atom stereocenters. The summed E-state index contributed by atoms with van der Waals surface area (Å²) in [6.45, 7) is 3.46. The first-order chi connectivity index (χ1) is 20.4. The third kappa shape index (κ3) is 6.92. The van der Waals surface area contributed by atoms with Crippen LogP contribution in [0.3, 0.4) is 0 Å². The number of likely N-dealkylation sites (tertiary alicyclic amines) is 1. The number of nitrogens with zero attached hydrogens (tertiary/aromatic N) is 5. The molecule has 0 spiro atoms. The Kier molecular flexibility index (Phi) is 9.75. The van der Waals surface area contributed by atoms with Gasteiger partial charge in [-0.15, -0.1) is 0 Å². The van der Waals surface area contributed by atoms with E-state index in [2.05, 4.69) is 20.6 Å². The average Bonchev–Trinajstić information content (AvgIpc) is 3.39. The van der Waals surface area contributed by atoms with Crippen molar-refractivity contribution in [1.29, 1.82) is 0 Å². The van der Waals surface area contributed by atoms with Crippen LogP contribution < -0.4 is 27.8 Å². The van der Waals surface area contributed by atoms with Crippen LogP contribution in [0.1, 0.15) is 28.8 Å². The van der Waals surface area contributed by atoms with Crippen LogP contribution in [0.5, 0.6) is 5.75 Å². The van der Waals surface area contributed by atoms with Crippen LogP contribution in [0.2, 0.25) is 0 Å². The number of aryl methyl sites for hydroxylation is 1. The van der Waals surface area contributed by atoms with Crippen molar-refractivity contribution in [3.8, 4) is 17.0 Å². The molecule has 0 radical (unpaired) electrons. The molecule has 2 amide bonds. The van der Waals surface area contributed by atoms with Crippen molar-refractivity contribution in [3.05, 3.63) is 71.7 Å². The van der Waals surface area contributed by atoms with Gasteiger partial charge in [-0.25, -0.2) is 14.4 Å². The maximum atomic E-state index is 14.8. The smallest absolute Gasteiger partial charge is 0.277 e. The minimum Gasteiger partial charge on any atom is -1.00 e. The highest BCUT2D eigenvalue weighted by molar-refractivity contribution is 5.96. The Morgan fingerprint density at radius 2 is 1.89 bits per heavy atom. The molecule has 4 aromatic rings. The number of benzene rings is 2. The van der Waals surface area contributed by atoms with Crippen molar-refractivity contribution in [2.24, 2.45) is 0 Å². The summed E-state index contributed by atoms with van der Waals surface area (Å²) in [6.07, 6.45) is 6.25. The lowest BCUT2D eigenvalue weighted by Gasteiger charge is -2.35. The van der Waals surface area contributed by atoms with Crippen molar-refractivity contribution < 1.29 is 40.0 Å². The van der Waals surface area contributed by atoms with Gasteiger partial charge in [0.25, 0.3) is 11.8 Å². The molecule has 1 fully saturated rings. The number of aromatic nitrogens is 3. The van der Waals surface area contributed by atoms with Gasteiger partial charge in [0.1, 0.15) is 0 Å². The average molecular weight is 628 g/mol. The van der Waals surface area contributed by atoms with E-state index in [0.717, 1.165) is 18.4 Å². The highest BCUT2D eigenvalue weighted by atomic mass is 35.5. The number of methoxy groups -OCH3 is 1. The Morgan fingerprint density at radius 3 is 2.59 bits per heavy atom. The summed E-state index contributed by atoms with van der Waals surface area (Å²) in [5.41, 5.74) is 2.76. The van der Waals surface area contributed by atoms with Gasteiger partial charge in [0.15, 0.2) is 29.6 Å². The highest BCUT2D eigenvalue weighted by Gasteiger charge is 2.28. The summed E-state index contributed by atoms with van der Waals surface area (Å²) < 4.78 is 36.2. The molecule has 2 aromatic carbocycles. The fraction of sp³-hybridized carbons (Fsp3) is 0.355. The maximum absolute atomic E-state index is 14.8. The van der Waals surface area contributed by atoms with Gasteiger partial charge in [0.2, 0.25) is 5.82 Å². The Balaban J connectivity index is 0.00000442. The number of anilines is 2. The molecule has 13 heteroatoms. The van der Waals surface area contributed by atoms with Gasteiger partial charge >= 0.3 is 0 Å². The fourth-order valence-electron chi connectivity index (χ4n) is 5.32. The van der Waals surface area contributed by atoms with E-state index < -0.39 is 11.6 Å². The van der Waals surface area contributed by atoms with Gasteiger partial charge < -0.3 is 37.2 Å². The van der Waals surface area contributed by atoms with Crippen LogP contribution in [0.25, 0.3) is 16.9 Å². The van der Waals surface area contributed by atoms with Gasteiger partial charge in [-0.3, -0.25) is 14.0 Å². The second kappa shape index (κ2) is 13.1. The fourth-order valence-corrected chi connectivity index (χ4v) is 5.32. The van der Waals surface area contributed by atoms with E-state index in [1.165, 1.54) is 31.6 Å². The van der Waals surface area contributed by atoms with Crippen LogP contribution in [-0.4, -0.2) is 89.5 Å². The number of fused-ring (bicyclic) bond motifs is 1. The number of amides is 2. The van der Waals surface area contributed by atoms with Crippen molar-refractivity contribution in [2.75, 3.05) is 53.2 Å². The molecular weight excluding hydrogens is 592 g/mol. The van der Waals surface area contributed by atoms with Crippen LogP contribution >= 0.6 is 0 Å². The normalized spacial score (nSPS) is 15.1. The predicted octanol–water partition coefficient (Wildman–Crippen LogP) is 1.17. The van der Waals surface area contributed by atoms with E-state index in [-0.39, 0.29) is 41.6 Å². The molecule has 2 aromatic heterocycles. The summed E-state index contributed by atoms with van der Waals surface area (Å²) in [5, 5.41) is 6.32. The van der Waals surface area contributed by atoms with Crippen LogP contribution in [0.4, 0.5) is 20.3 Å². The molecule has 1 aliphatic heterocycles. The quantitative estimate of drug-likeness (QED) is 0.285. The van der Waals surface area contributed by atoms with E-state index >= 15 is 0 Å². The van der Waals surface area contributed by atoms with Gasteiger partial charge in [-0.2, -0.15) is 4.39 Å². The van der Waals surface area contributed by atoms with Crippen LogP contribution in [0.15, 0.2) is 48.9 Å². The Labute approximate surface area is 261 Å². The zero-order valence-electron chi connectivity index (χ0n) is 25.3. The topological polar surface area (TPSA) is 101 Å². The second-order valence-corrected chi connectivity index (χ2v) is 11.8. The summed E-state index contributed by atoms with van der Waals surface area (Å²) in [5.74, 6) is -1.99. The maximum Gasteiger partial charge on any atom is 0.277 e. The zero-order valence-corrected chi connectivity index (χ0v) is 26.1. The molecule has 10 nitrogen and oxygen atoms in total. The van der Waals surface area contributed by atoms with Crippen molar-refractivity contribution in [3.63, 3.8) is 0 Å². The number of quaternary nitrogens is 1. The number of ether oxygens (including phenoxy) is 1. The molecular formula is C31H36ClF2N7O3. The third-order valence-electron chi connectivity index (χ3n) is 7.42. The lowest BCUT2D eigenvalue weighted by atomic mass is 10.0. The SMILES string of the molecule is COc1ccc(-c2cnc3c(Nc4ccc(C(=O)NC5CCCN(C(=O)C[N+](C)(C)C)C5)c(C)c4)nccn23)c(F)c1F.[Cl-]. The summed E-state index contributed by atoms with van der Waals surface area (Å²) in [4.78, 5) is 36.5. The lowest BCUT2D eigenvalue weighted by molar-refractivity contribution is -0.862. The number of imidazole rings is 1. The van der Waals surface area contributed by atoms with E-state index in [9.17, 15) is 18.4 Å². The van der Waals surface area contributed by atoms with Crippen molar-refractivity contribution in [2.45, 2.75) is 25.8 Å². The highest BCUT2D eigenvalue weighted by Crippen LogP contribution is 2.31. The lowest BCUT2D eigenvalue weighted by Crippen LogP contribution is -3.00. The summed E-state index contributed by atoms with van der Waals surface area (Å²) in [7, 11) is 7.23. The first-order valence-electron chi connectivity index (χ1n) is 14.1. The molecule has 44 heavy (non-hydrogen) atoms. The number of rotatable bonds is 8. The van der Waals surface area contributed by atoms with Crippen molar-refractivity contribution in [1.82, 2.24) is 24.6 Å². The van der Waals surface area contributed by atoms with E-state index in [1.807, 2.05) is 39.0 Å². The number of nitrogens with one attached hydrogen (secondary N) is 2. The molecule has 2 N–H and O–H groups in total. The molecule has 5 rings (SSSR count). The van der Waals surface area contributed by atoms with Crippen molar-refractivity contribution >= 4 is 29.0 Å². The van der Waals surface area contributed by atoms with E-state index in [0.29, 0.717) is 52.5 Å². The molecule has 0 bridgehead atoms. The number of piperidine rings is 1. The Hall–Kier alpha value is -4.29. The molecule has 0 saturated carbocycles. The molecule has 1 saturated heterocycles. The number of carbonyl (C=O) groups excluding carboxylic acids is 2. The second-order valence-electron chi connectivity index (χ2n) is 11.8. The van der Waals surface area contributed by atoms with Gasteiger partial charge in [0.05, 0.1) is 40.1 Å². The largest absolute Gasteiger partial charge is 1.00 e. The number of likely N-dealkylation sites (N-methyl/N-ethyl adjacent to an activating group) is 1. The van der Waals surface area contributed by atoms with Crippen LogP contribution in [-0.2, 0) is 4.79 Å². The predicted molar refractivity (Wildman–Crippen MR) is 159 cm³/mol. The first kappa shape index (κ1) is 32.6. The standard InChI is InChI=1S/C31H35F2N7O3.ClH/c1-19-15-20(8-9-22(19)31(42)37-21-7-6-13-38(17-21)26(41)18-40(2,3)4)36-29-30-35-16-24(39(30)14-12-34-29)23-10-11-25(43-5)28(33)27(23)32;/h8-12,14-16,21H,6-7,13,17-18H2,1-5H3,(H-,34,36,37,42);1H. The number of carbonyl (C=O) groups is 2. The molecule has 234 valence electrons. The van der Waals surface area contributed by atoms with E-state index in [1.54, 1.807) is 22.7 Å². The molecule has 1 unspecified atom stereocenters. The number of hydrogen-bond donors (Lipinski definition) is 2. The zero-order chi connectivity index (χ0) is 30.9. The Bertz CT molecular complexity index is 1690. The van der Waals surface area contributed by atoms with Gasteiger partial charge in [0, 0.05) is 48.3 Å². The summed E-state index contributed by atoms with van der Waals surface area (Å²) >= 11 is 0. The van der Waals surface area contributed by atoms with Gasteiger partial charge in [-0.1, -0.05) is 0 Å². The minimum absolute atomic E-state index is 0. The molecule has 3 heterocycles. The first-order valence-corrected chi connectivity index (χ1v) is 14.1. The summed E-state index contributed by atoms with van der Waals surface area (Å²) in [6, 6.07) is 8.03. The van der Waals surface area contributed by atoms with E-state index in [4.69, 9.17) is 4.74 Å². The molecule has 0 aliphatic carbocycles. The number of halogens is 3. The molecule has 1 aliphatic rings. The minimum atomic E-state index is -1.07. The monoisotopic (exact) mass is 627 g/mol. The van der Waals surface area contributed by atoms with Gasteiger partial charge in [-0.05, 0) is 55.7 Å².